The number of amides is 1. The molecule has 1 saturated heterocycles. The number of carbonyl (C=O) groups is 2. The van der Waals surface area contributed by atoms with E-state index in [2.05, 4.69) is 6.92 Å². The van der Waals surface area contributed by atoms with E-state index in [0.29, 0.717) is 18.9 Å². The molecule has 20 heavy (non-hydrogen) atoms. The molecule has 108 valence electrons. The Kier molecular flexibility index (Phi) is 3.28. The van der Waals surface area contributed by atoms with Crippen molar-refractivity contribution in [3.8, 4) is 0 Å². The summed E-state index contributed by atoms with van der Waals surface area (Å²) >= 11 is 0. The summed E-state index contributed by atoms with van der Waals surface area (Å²) in [5, 5.41) is 8.97. The largest absolute Gasteiger partial charge is 0.481 e. The molecule has 0 aromatic carbocycles. The molecule has 2 aliphatic rings. The third kappa shape index (κ3) is 2.32. The van der Waals surface area contributed by atoms with Gasteiger partial charge in [-0.15, -0.1) is 0 Å². The van der Waals surface area contributed by atoms with Gasteiger partial charge in [-0.3, -0.25) is 9.59 Å². The zero-order valence-corrected chi connectivity index (χ0v) is 11.5. The average Bonchev–Trinajstić information content (AvgIpc) is 3.05. The van der Waals surface area contributed by atoms with Gasteiger partial charge in [0, 0.05) is 6.54 Å². The van der Waals surface area contributed by atoms with Crippen molar-refractivity contribution in [3.05, 3.63) is 24.2 Å². The lowest BCUT2D eigenvalue weighted by atomic mass is 9.90. The Morgan fingerprint density at radius 3 is 2.75 bits per heavy atom. The van der Waals surface area contributed by atoms with Crippen LogP contribution in [0.25, 0.3) is 0 Å². The van der Waals surface area contributed by atoms with Crippen LogP contribution < -0.4 is 0 Å². The Hall–Kier alpha value is -1.78. The van der Waals surface area contributed by atoms with Crippen LogP contribution in [0.3, 0.4) is 0 Å². The molecule has 2 heterocycles. The minimum atomic E-state index is -0.858. The molecule has 4 atom stereocenters. The molecule has 1 amide bonds. The number of furan rings is 1. The Bertz CT molecular complexity index is 510. The second-order valence-corrected chi connectivity index (χ2v) is 5.98. The molecule has 0 bridgehead atoms. The second-order valence-electron chi connectivity index (χ2n) is 5.98. The highest BCUT2D eigenvalue weighted by molar-refractivity contribution is 5.89. The number of hydrogen-bond donors (Lipinski definition) is 1. The van der Waals surface area contributed by atoms with E-state index in [1.165, 1.54) is 0 Å². The monoisotopic (exact) mass is 277 g/mol. The second kappa shape index (κ2) is 4.96. The lowest BCUT2D eigenvalue weighted by molar-refractivity contribution is -0.143. The average molecular weight is 277 g/mol. The maximum Gasteiger partial charge on any atom is 0.307 e. The summed E-state index contributed by atoms with van der Waals surface area (Å²) in [6.45, 7) is 2.86. The summed E-state index contributed by atoms with van der Waals surface area (Å²) in [7, 11) is 0. The number of carboxylic acid groups (broad SMARTS) is 1. The summed E-state index contributed by atoms with van der Waals surface area (Å²) in [5.74, 6) is -0.354. The van der Waals surface area contributed by atoms with Crippen LogP contribution >= 0.6 is 0 Å². The number of nitrogens with zero attached hydrogens (tertiary/aromatic N) is 1. The fraction of sp³-hybridized carbons (Fsp3) is 0.600. The maximum absolute atomic E-state index is 12.5. The fourth-order valence-corrected chi connectivity index (χ4v) is 3.11. The first-order chi connectivity index (χ1) is 9.58. The summed E-state index contributed by atoms with van der Waals surface area (Å²) in [5.41, 5.74) is 0. The van der Waals surface area contributed by atoms with Crippen molar-refractivity contribution >= 4 is 11.9 Å². The Morgan fingerprint density at radius 1 is 1.35 bits per heavy atom. The number of rotatable bonds is 3. The molecule has 0 unspecified atom stereocenters. The standard InChI is InChI=1S/C15H19NO4/c1-9-4-5-16(12(7-9)13-3-2-6-20-13)14(17)10-8-11(10)15(18)19/h2-3,6,9-12H,4-5,7-8H2,1H3,(H,18,19)/t9-,10-,11+,12-/m1/s1. The lowest BCUT2D eigenvalue weighted by Gasteiger charge is -2.37. The van der Waals surface area contributed by atoms with Gasteiger partial charge in [0.05, 0.1) is 24.1 Å². The SMILES string of the molecule is C[C@@H]1CCN(C(=O)[C@@H]2C[C@@H]2C(=O)O)[C@@H](c2ccco2)C1. The lowest BCUT2D eigenvalue weighted by Crippen LogP contribution is -2.41. The first-order valence-electron chi connectivity index (χ1n) is 7.14. The molecule has 5 heteroatoms. The Labute approximate surface area is 117 Å². The van der Waals surface area contributed by atoms with Crippen molar-refractivity contribution in [1.29, 1.82) is 0 Å². The molecule has 1 aliphatic heterocycles. The molecule has 1 N–H and O–H groups in total. The molecule has 1 saturated carbocycles. The van der Waals surface area contributed by atoms with Crippen LogP contribution in [0.5, 0.6) is 0 Å². The van der Waals surface area contributed by atoms with Gasteiger partial charge in [0.15, 0.2) is 0 Å². The summed E-state index contributed by atoms with van der Waals surface area (Å²) < 4.78 is 5.47. The number of aliphatic carboxylic acids is 1. The third-order valence-electron chi connectivity index (χ3n) is 4.44. The number of hydrogen-bond acceptors (Lipinski definition) is 3. The van der Waals surface area contributed by atoms with Crippen molar-refractivity contribution in [1.82, 2.24) is 4.90 Å². The predicted octanol–water partition coefficient (Wildman–Crippen LogP) is 2.30. The quantitative estimate of drug-likeness (QED) is 0.920. The van der Waals surface area contributed by atoms with E-state index in [4.69, 9.17) is 9.52 Å². The summed E-state index contributed by atoms with van der Waals surface area (Å²) in [6, 6.07) is 3.68. The van der Waals surface area contributed by atoms with E-state index in [1.54, 1.807) is 6.26 Å². The van der Waals surface area contributed by atoms with Crippen LogP contribution in [0, 0.1) is 17.8 Å². The highest BCUT2D eigenvalue weighted by Gasteiger charge is 2.51. The van der Waals surface area contributed by atoms with E-state index in [1.807, 2.05) is 17.0 Å². The summed E-state index contributed by atoms with van der Waals surface area (Å²) in [6.07, 6.45) is 3.94. The van der Waals surface area contributed by atoms with Crippen molar-refractivity contribution in [2.75, 3.05) is 6.54 Å². The molecule has 0 radical (unpaired) electrons. The molecule has 0 spiro atoms. The van der Waals surface area contributed by atoms with Crippen LogP contribution in [-0.2, 0) is 9.59 Å². The van der Waals surface area contributed by atoms with Crippen molar-refractivity contribution in [2.45, 2.75) is 32.2 Å². The van der Waals surface area contributed by atoms with Gasteiger partial charge in [-0.1, -0.05) is 6.92 Å². The number of carbonyl (C=O) groups excluding carboxylic acids is 1. The van der Waals surface area contributed by atoms with E-state index >= 15 is 0 Å². The number of piperidine rings is 1. The minimum Gasteiger partial charge on any atom is -0.481 e. The van der Waals surface area contributed by atoms with Crippen molar-refractivity contribution in [3.63, 3.8) is 0 Å². The maximum atomic E-state index is 12.5. The number of likely N-dealkylation sites (tertiary alicyclic amines) is 1. The van der Waals surface area contributed by atoms with Crippen molar-refractivity contribution < 1.29 is 19.1 Å². The van der Waals surface area contributed by atoms with E-state index < -0.39 is 11.9 Å². The molecule has 2 fully saturated rings. The Balaban J connectivity index is 1.76. The van der Waals surface area contributed by atoms with E-state index in [0.717, 1.165) is 18.6 Å². The molecule has 3 rings (SSSR count). The molecular weight excluding hydrogens is 258 g/mol. The molecule has 1 aliphatic carbocycles. The molecule has 1 aromatic heterocycles. The zero-order chi connectivity index (χ0) is 14.3. The molecule has 1 aromatic rings. The fourth-order valence-electron chi connectivity index (χ4n) is 3.11. The van der Waals surface area contributed by atoms with Crippen LogP contribution in [0.1, 0.15) is 38.0 Å². The van der Waals surface area contributed by atoms with Crippen LogP contribution in [0.15, 0.2) is 22.8 Å². The highest BCUT2D eigenvalue weighted by atomic mass is 16.4. The topological polar surface area (TPSA) is 70.8 Å². The van der Waals surface area contributed by atoms with Crippen LogP contribution in [0.4, 0.5) is 0 Å². The van der Waals surface area contributed by atoms with Gasteiger partial charge in [-0.05, 0) is 37.3 Å². The zero-order valence-electron chi connectivity index (χ0n) is 11.5. The minimum absolute atomic E-state index is 0.0225. The Morgan fingerprint density at radius 2 is 2.15 bits per heavy atom. The van der Waals surface area contributed by atoms with E-state index in [9.17, 15) is 9.59 Å². The van der Waals surface area contributed by atoms with Gasteiger partial charge in [0.25, 0.3) is 0 Å². The van der Waals surface area contributed by atoms with Gasteiger partial charge in [-0.25, -0.2) is 0 Å². The van der Waals surface area contributed by atoms with Gasteiger partial charge in [0.2, 0.25) is 5.91 Å². The van der Waals surface area contributed by atoms with Gasteiger partial charge in [-0.2, -0.15) is 0 Å². The third-order valence-corrected chi connectivity index (χ3v) is 4.44. The molecular formula is C15H19NO4. The van der Waals surface area contributed by atoms with Gasteiger partial charge >= 0.3 is 5.97 Å². The van der Waals surface area contributed by atoms with Crippen molar-refractivity contribution in [2.24, 2.45) is 17.8 Å². The van der Waals surface area contributed by atoms with Gasteiger partial charge in [0.1, 0.15) is 5.76 Å². The predicted molar refractivity (Wildman–Crippen MR) is 70.8 cm³/mol. The summed E-state index contributed by atoms with van der Waals surface area (Å²) in [4.78, 5) is 25.3. The van der Waals surface area contributed by atoms with E-state index in [-0.39, 0.29) is 17.9 Å². The highest BCUT2D eigenvalue weighted by Crippen LogP contribution is 2.43. The number of carboxylic acids is 1. The van der Waals surface area contributed by atoms with Gasteiger partial charge < -0.3 is 14.4 Å². The van der Waals surface area contributed by atoms with Crippen LogP contribution in [-0.4, -0.2) is 28.4 Å². The smallest absolute Gasteiger partial charge is 0.307 e. The van der Waals surface area contributed by atoms with Crippen LogP contribution in [0.2, 0.25) is 0 Å². The first kappa shape index (κ1) is 13.2. The first-order valence-corrected chi connectivity index (χ1v) is 7.14. The molecule has 5 nitrogen and oxygen atoms in total. The normalized spacial score (nSPS) is 33.0.